The summed E-state index contributed by atoms with van der Waals surface area (Å²) in [5, 5.41) is 11.5. The van der Waals surface area contributed by atoms with E-state index in [2.05, 4.69) is 10.0 Å². The zero-order chi connectivity index (χ0) is 11.6. The number of aliphatic hydroxyl groups excluding tert-OH is 1. The van der Waals surface area contributed by atoms with Crippen molar-refractivity contribution < 1.29 is 18.3 Å². The van der Waals surface area contributed by atoms with Crippen LogP contribution in [0.4, 0.5) is 0 Å². The summed E-state index contributed by atoms with van der Waals surface area (Å²) in [4.78, 5) is 0. The van der Waals surface area contributed by atoms with Gasteiger partial charge in [0.05, 0.1) is 26.1 Å². The third kappa shape index (κ3) is 13.8. The van der Waals surface area contributed by atoms with Crippen LogP contribution < -0.4 is 10.0 Å². The van der Waals surface area contributed by atoms with Gasteiger partial charge < -0.3 is 15.2 Å². The molecule has 0 aromatic carbocycles. The molecule has 0 rings (SSSR count). The van der Waals surface area contributed by atoms with Gasteiger partial charge in [-0.1, -0.05) is 0 Å². The summed E-state index contributed by atoms with van der Waals surface area (Å²) in [6.45, 7) is 2.85. The van der Waals surface area contributed by atoms with Crippen molar-refractivity contribution in [1.29, 1.82) is 0 Å². The lowest BCUT2D eigenvalue weighted by Gasteiger charge is -2.05. The van der Waals surface area contributed by atoms with Crippen LogP contribution in [0.25, 0.3) is 0 Å². The lowest BCUT2D eigenvalue weighted by Crippen LogP contribution is -2.27. The van der Waals surface area contributed by atoms with Crippen molar-refractivity contribution in [3.05, 3.63) is 0 Å². The van der Waals surface area contributed by atoms with Gasteiger partial charge in [0.15, 0.2) is 0 Å². The Morgan fingerprint density at radius 3 is 2.53 bits per heavy atom. The standard InChI is InChI=1S/C8H20N2O4S/c1-15(12,13)10-4-2-3-9-5-7-14-8-6-11/h9-11H,2-8H2,1H3. The van der Waals surface area contributed by atoms with Crippen molar-refractivity contribution in [2.45, 2.75) is 6.42 Å². The van der Waals surface area contributed by atoms with Crippen molar-refractivity contribution in [2.24, 2.45) is 0 Å². The van der Waals surface area contributed by atoms with Gasteiger partial charge in [0.25, 0.3) is 0 Å². The number of hydrogen-bond acceptors (Lipinski definition) is 5. The Hall–Kier alpha value is -0.210. The first kappa shape index (κ1) is 14.8. The maximum Gasteiger partial charge on any atom is 0.208 e. The molecule has 15 heavy (non-hydrogen) atoms. The molecule has 0 fully saturated rings. The molecule has 0 aliphatic carbocycles. The lowest BCUT2D eigenvalue weighted by molar-refractivity contribution is 0.0940. The van der Waals surface area contributed by atoms with E-state index in [0.717, 1.165) is 19.2 Å². The van der Waals surface area contributed by atoms with E-state index in [-0.39, 0.29) is 6.61 Å². The molecule has 0 aromatic heterocycles. The molecule has 0 bridgehead atoms. The highest BCUT2D eigenvalue weighted by molar-refractivity contribution is 7.88. The van der Waals surface area contributed by atoms with Gasteiger partial charge >= 0.3 is 0 Å². The largest absolute Gasteiger partial charge is 0.394 e. The van der Waals surface area contributed by atoms with Crippen LogP contribution in [0.15, 0.2) is 0 Å². The molecule has 0 unspecified atom stereocenters. The normalized spacial score (nSPS) is 11.9. The average Bonchev–Trinajstić information content (AvgIpc) is 2.14. The molecule has 0 amide bonds. The van der Waals surface area contributed by atoms with E-state index >= 15 is 0 Å². The van der Waals surface area contributed by atoms with Crippen molar-refractivity contribution in [1.82, 2.24) is 10.0 Å². The second kappa shape index (κ2) is 9.05. The van der Waals surface area contributed by atoms with Crippen LogP contribution in [-0.2, 0) is 14.8 Å². The fourth-order valence-corrected chi connectivity index (χ4v) is 1.42. The average molecular weight is 240 g/mol. The minimum Gasteiger partial charge on any atom is -0.394 e. The van der Waals surface area contributed by atoms with E-state index in [0.29, 0.717) is 26.3 Å². The number of nitrogens with one attached hydrogen (secondary N) is 2. The van der Waals surface area contributed by atoms with Crippen molar-refractivity contribution in [3.63, 3.8) is 0 Å². The molecular formula is C8H20N2O4S. The van der Waals surface area contributed by atoms with Gasteiger partial charge in [0, 0.05) is 13.1 Å². The first-order valence-corrected chi connectivity index (χ1v) is 6.79. The molecule has 0 heterocycles. The first-order valence-electron chi connectivity index (χ1n) is 4.90. The minimum atomic E-state index is -3.06. The molecule has 0 radical (unpaired) electrons. The third-order valence-corrected chi connectivity index (χ3v) is 2.28. The summed E-state index contributed by atoms with van der Waals surface area (Å²) < 4.78 is 28.7. The third-order valence-electron chi connectivity index (χ3n) is 1.55. The molecule has 92 valence electrons. The SMILES string of the molecule is CS(=O)(=O)NCCCNCCOCCO. The summed E-state index contributed by atoms with van der Waals surface area (Å²) in [5.41, 5.74) is 0. The van der Waals surface area contributed by atoms with E-state index in [1.165, 1.54) is 0 Å². The Kier molecular flexibility index (Phi) is 8.92. The number of sulfonamides is 1. The molecule has 0 aliphatic rings. The van der Waals surface area contributed by atoms with Crippen molar-refractivity contribution >= 4 is 10.0 Å². The van der Waals surface area contributed by atoms with Gasteiger partial charge in [0.1, 0.15) is 0 Å². The zero-order valence-electron chi connectivity index (χ0n) is 9.03. The molecule has 0 saturated heterocycles. The van der Waals surface area contributed by atoms with Crippen molar-refractivity contribution in [2.75, 3.05) is 45.7 Å². The van der Waals surface area contributed by atoms with Gasteiger partial charge in [-0.15, -0.1) is 0 Å². The Labute approximate surface area is 91.1 Å². The van der Waals surface area contributed by atoms with Gasteiger partial charge in [0.2, 0.25) is 10.0 Å². The van der Waals surface area contributed by atoms with Gasteiger partial charge in [-0.05, 0) is 13.0 Å². The predicted molar refractivity (Wildman–Crippen MR) is 58.2 cm³/mol. The molecule has 0 atom stereocenters. The monoisotopic (exact) mass is 240 g/mol. The lowest BCUT2D eigenvalue weighted by atomic mass is 10.4. The highest BCUT2D eigenvalue weighted by Gasteiger charge is 1.97. The van der Waals surface area contributed by atoms with E-state index in [9.17, 15) is 8.42 Å². The van der Waals surface area contributed by atoms with E-state index < -0.39 is 10.0 Å². The highest BCUT2D eigenvalue weighted by atomic mass is 32.2. The number of ether oxygens (including phenoxy) is 1. The summed E-state index contributed by atoms with van der Waals surface area (Å²) in [6, 6.07) is 0. The molecule has 3 N–H and O–H groups in total. The first-order chi connectivity index (χ1) is 7.06. The molecule has 0 aliphatic heterocycles. The second-order valence-electron chi connectivity index (χ2n) is 3.11. The molecular weight excluding hydrogens is 220 g/mol. The van der Waals surface area contributed by atoms with E-state index in [1.54, 1.807) is 0 Å². The van der Waals surface area contributed by atoms with Crippen LogP contribution in [-0.4, -0.2) is 59.2 Å². The summed E-state index contributed by atoms with van der Waals surface area (Å²) in [6.07, 6.45) is 1.89. The predicted octanol–water partition coefficient (Wildman–Crippen LogP) is -1.48. The Balaban J connectivity index is 3.06. The summed E-state index contributed by atoms with van der Waals surface area (Å²) in [5.74, 6) is 0. The van der Waals surface area contributed by atoms with Gasteiger partial charge in [-0.25, -0.2) is 13.1 Å². The van der Waals surface area contributed by atoms with Gasteiger partial charge in [-0.3, -0.25) is 0 Å². The van der Waals surface area contributed by atoms with Crippen LogP contribution in [0.1, 0.15) is 6.42 Å². The Morgan fingerprint density at radius 2 is 1.93 bits per heavy atom. The van der Waals surface area contributed by atoms with Crippen LogP contribution in [0.2, 0.25) is 0 Å². The van der Waals surface area contributed by atoms with E-state index in [4.69, 9.17) is 9.84 Å². The molecule has 0 spiro atoms. The van der Waals surface area contributed by atoms with Gasteiger partial charge in [-0.2, -0.15) is 0 Å². The van der Waals surface area contributed by atoms with Crippen LogP contribution in [0.5, 0.6) is 0 Å². The maximum absolute atomic E-state index is 10.7. The Bertz CT molecular complexity index is 231. The molecule has 0 saturated carbocycles. The minimum absolute atomic E-state index is 0.0400. The van der Waals surface area contributed by atoms with Crippen LogP contribution >= 0.6 is 0 Å². The zero-order valence-corrected chi connectivity index (χ0v) is 9.85. The quantitative estimate of drug-likeness (QED) is 0.406. The topological polar surface area (TPSA) is 87.7 Å². The summed E-state index contributed by atoms with van der Waals surface area (Å²) >= 11 is 0. The number of aliphatic hydroxyl groups is 1. The number of hydrogen-bond donors (Lipinski definition) is 3. The van der Waals surface area contributed by atoms with E-state index in [1.807, 2.05) is 0 Å². The summed E-state index contributed by atoms with van der Waals surface area (Å²) in [7, 11) is -3.06. The second-order valence-corrected chi connectivity index (χ2v) is 4.94. The van der Waals surface area contributed by atoms with Crippen LogP contribution in [0, 0.1) is 0 Å². The molecule has 7 heteroatoms. The molecule has 6 nitrogen and oxygen atoms in total. The smallest absolute Gasteiger partial charge is 0.208 e. The number of rotatable bonds is 10. The fraction of sp³-hybridized carbons (Fsp3) is 1.00. The Morgan fingerprint density at radius 1 is 1.20 bits per heavy atom. The van der Waals surface area contributed by atoms with Crippen LogP contribution in [0.3, 0.4) is 0 Å². The van der Waals surface area contributed by atoms with Crippen molar-refractivity contribution in [3.8, 4) is 0 Å². The fourth-order valence-electron chi connectivity index (χ4n) is 0.907. The molecule has 0 aromatic rings. The maximum atomic E-state index is 10.7. The highest BCUT2D eigenvalue weighted by Crippen LogP contribution is 1.78.